The van der Waals surface area contributed by atoms with Gasteiger partial charge in [0.05, 0.1) is 0 Å². The van der Waals surface area contributed by atoms with Crippen LogP contribution in [0.5, 0.6) is 0 Å². The molecule has 0 bridgehead atoms. The summed E-state index contributed by atoms with van der Waals surface area (Å²) in [6.45, 7) is 1.35. The summed E-state index contributed by atoms with van der Waals surface area (Å²) in [7, 11) is 0. The normalized spacial score (nSPS) is 34.5. The molecule has 0 spiro atoms. The minimum atomic E-state index is 0. The summed E-state index contributed by atoms with van der Waals surface area (Å²) < 4.78 is 0. The van der Waals surface area contributed by atoms with E-state index in [-0.39, 0.29) is 19.8 Å². The fourth-order valence-electron chi connectivity index (χ4n) is 3.51. The molecule has 3 aliphatic rings. The monoisotopic (exact) mass is 223 g/mol. The highest BCUT2D eigenvalue weighted by atomic mass is 35.5. The Balaban J connectivity index is 0.000000427. The maximum atomic E-state index is 2.68. The molecule has 0 saturated carbocycles. The summed E-state index contributed by atoms with van der Waals surface area (Å²) in [5, 5.41) is 0. The Bertz CT molecular complexity index is 377. The van der Waals surface area contributed by atoms with Crippen molar-refractivity contribution in [3.8, 4) is 0 Å². The van der Waals surface area contributed by atoms with Crippen LogP contribution >= 0.6 is 12.4 Å². The van der Waals surface area contributed by atoms with Gasteiger partial charge >= 0.3 is 0 Å². The molecule has 2 heteroatoms. The highest BCUT2D eigenvalue weighted by Gasteiger charge is 2.56. The minimum Gasteiger partial charge on any atom is -0.293 e. The van der Waals surface area contributed by atoms with Gasteiger partial charge in [0.25, 0.3) is 0 Å². The van der Waals surface area contributed by atoms with Gasteiger partial charge in [-0.15, -0.1) is 12.4 Å². The molecule has 82 valence electrons. The lowest BCUT2D eigenvalue weighted by Crippen LogP contribution is -2.65. The van der Waals surface area contributed by atoms with Crippen LogP contribution in [0.2, 0.25) is 0 Å². The number of piperidine rings is 1. The molecule has 2 aliphatic heterocycles. The molecule has 0 amide bonds. The number of hydrogen-bond acceptors (Lipinski definition) is 1. The van der Waals surface area contributed by atoms with Crippen molar-refractivity contribution >= 4 is 12.4 Å². The van der Waals surface area contributed by atoms with Crippen LogP contribution < -0.4 is 0 Å². The molecule has 2 heterocycles. The predicted molar refractivity (Wildman–Crippen MR) is 65.5 cm³/mol. The highest BCUT2D eigenvalue weighted by molar-refractivity contribution is 5.85. The molecule has 4 rings (SSSR count). The maximum absolute atomic E-state index is 2.68. The van der Waals surface area contributed by atoms with E-state index in [1.165, 1.54) is 19.4 Å². The topological polar surface area (TPSA) is 3.24 Å². The van der Waals surface area contributed by atoms with E-state index in [1.807, 2.05) is 0 Å². The summed E-state index contributed by atoms with van der Waals surface area (Å²) in [6, 6.07) is 10.8. The number of fused-ring (bicyclic) bond motifs is 6. The average molecular weight is 224 g/mol. The van der Waals surface area contributed by atoms with Crippen molar-refractivity contribution in [1.29, 1.82) is 0 Å². The highest BCUT2D eigenvalue weighted by Crippen LogP contribution is 2.56. The molecule has 2 saturated heterocycles. The third-order valence-electron chi connectivity index (χ3n) is 4.20. The number of rotatable bonds is 0. The molecule has 1 aromatic carbocycles. The third-order valence-corrected chi connectivity index (χ3v) is 4.20. The van der Waals surface area contributed by atoms with E-state index in [2.05, 4.69) is 29.2 Å². The van der Waals surface area contributed by atoms with E-state index in [0.717, 1.165) is 18.0 Å². The first-order valence-corrected chi connectivity index (χ1v) is 5.29. The average Bonchev–Trinajstić information content (AvgIpc) is 2.42. The Morgan fingerprint density at radius 1 is 1.20 bits per heavy atom. The molecule has 0 N–H and O–H groups in total. The lowest BCUT2D eigenvalue weighted by Gasteiger charge is -2.60. The van der Waals surface area contributed by atoms with E-state index >= 15 is 0 Å². The zero-order valence-electron chi connectivity index (χ0n) is 8.02. The van der Waals surface area contributed by atoms with Crippen molar-refractivity contribution in [3.05, 3.63) is 35.4 Å². The standard InChI is InChI=1S/C12H13N.CH4.ClH/c1-2-4-9-8(3-1)7-10-11-5-6-13(11)12(9)10;;/h1-4,10-12H,5-7H2;1H4;1H/t10-,11?,12+;;/m0../s1. The second kappa shape index (κ2) is 3.50. The van der Waals surface area contributed by atoms with Gasteiger partial charge in [0, 0.05) is 18.6 Å². The Morgan fingerprint density at radius 2 is 2.00 bits per heavy atom. The van der Waals surface area contributed by atoms with Crippen LogP contribution in [0.25, 0.3) is 0 Å². The Kier molecular flexibility index (Phi) is 2.56. The second-order valence-corrected chi connectivity index (χ2v) is 4.61. The predicted octanol–water partition coefficient (Wildman–Crippen LogP) is 3.05. The third kappa shape index (κ3) is 1.14. The van der Waals surface area contributed by atoms with Gasteiger partial charge in [0.2, 0.25) is 0 Å². The van der Waals surface area contributed by atoms with Gasteiger partial charge in [-0.2, -0.15) is 0 Å². The SMILES string of the molecule is C.Cl.c1ccc2c(c1)C[C@H]1C3CCN3[C@H]21. The van der Waals surface area contributed by atoms with Gasteiger partial charge in [0.15, 0.2) is 0 Å². The van der Waals surface area contributed by atoms with Crippen molar-refractivity contribution in [2.75, 3.05) is 6.54 Å². The Morgan fingerprint density at radius 3 is 2.73 bits per heavy atom. The van der Waals surface area contributed by atoms with Crippen LogP contribution in [0.15, 0.2) is 24.3 Å². The summed E-state index contributed by atoms with van der Waals surface area (Å²) >= 11 is 0. The van der Waals surface area contributed by atoms with Gasteiger partial charge in [-0.3, -0.25) is 4.90 Å². The maximum Gasteiger partial charge on any atom is 0.0400 e. The van der Waals surface area contributed by atoms with E-state index in [1.54, 1.807) is 11.1 Å². The van der Waals surface area contributed by atoms with Crippen LogP contribution in [0.3, 0.4) is 0 Å². The number of hydrogen-bond donors (Lipinski definition) is 0. The molecular weight excluding hydrogens is 206 g/mol. The van der Waals surface area contributed by atoms with Crippen LogP contribution in [0.1, 0.15) is 31.0 Å². The first-order valence-electron chi connectivity index (χ1n) is 5.29. The minimum absolute atomic E-state index is 0. The zero-order chi connectivity index (χ0) is 8.41. The number of benzene rings is 1. The lowest BCUT2D eigenvalue weighted by molar-refractivity contribution is -0.121. The second-order valence-electron chi connectivity index (χ2n) is 4.61. The molecular formula is C13H18ClN. The first-order chi connectivity index (χ1) is 6.45. The van der Waals surface area contributed by atoms with Crippen molar-refractivity contribution in [2.24, 2.45) is 5.92 Å². The van der Waals surface area contributed by atoms with Crippen molar-refractivity contribution in [3.63, 3.8) is 0 Å². The fourth-order valence-corrected chi connectivity index (χ4v) is 3.51. The summed E-state index contributed by atoms with van der Waals surface area (Å²) in [6.07, 6.45) is 2.80. The van der Waals surface area contributed by atoms with E-state index in [0.29, 0.717) is 0 Å². The number of halogens is 1. The van der Waals surface area contributed by atoms with Crippen LogP contribution in [0.4, 0.5) is 0 Å². The van der Waals surface area contributed by atoms with Crippen LogP contribution in [-0.4, -0.2) is 17.5 Å². The van der Waals surface area contributed by atoms with Gasteiger partial charge in [-0.1, -0.05) is 31.7 Å². The molecule has 1 aromatic rings. The van der Waals surface area contributed by atoms with Gasteiger partial charge in [-0.05, 0) is 29.9 Å². The van der Waals surface area contributed by atoms with Crippen molar-refractivity contribution in [2.45, 2.75) is 32.4 Å². The van der Waals surface area contributed by atoms with E-state index in [4.69, 9.17) is 0 Å². The first kappa shape index (κ1) is 11.0. The van der Waals surface area contributed by atoms with Crippen LogP contribution in [-0.2, 0) is 6.42 Å². The summed E-state index contributed by atoms with van der Waals surface area (Å²) in [5.41, 5.74) is 3.25. The zero-order valence-corrected chi connectivity index (χ0v) is 8.83. The van der Waals surface area contributed by atoms with E-state index < -0.39 is 0 Å². The molecule has 2 fully saturated rings. The summed E-state index contributed by atoms with van der Waals surface area (Å²) in [4.78, 5) is 2.68. The molecule has 1 unspecified atom stereocenters. The molecule has 0 aromatic heterocycles. The molecule has 15 heavy (non-hydrogen) atoms. The molecule has 1 aliphatic carbocycles. The Labute approximate surface area is 97.9 Å². The van der Waals surface area contributed by atoms with Crippen LogP contribution in [0, 0.1) is 5.92 Å². The van der Waals surface area contributed by atoms with Gasteiger partial charge in [0.1, 0.15) is 0 Å². The van der Waals surface area contributed by atoms with Gasteiger partial charge in [-0.25, -0.2) is 0 Å². The van der Waals surface area contributed by atoms with E-state index in [9.17, 15) is 0 Å². The smallest absolute Gasteiger partial charge is 0.0400 e. The lowest BCUT2D eigenvalue weighted by atomic mass is 9.73. The molecule has 1 nitrogen and oxygen atoms in total. The molecule has 3 atom stereocenters. The largest absolute Gasteiger partial charge is 0.293 e. The number of nitrogens with zero attached hydrogens (tertiary/aromatic N) is 1. The van der Waals surface area contributed by atoms with Crippen molar-refractivity contribution in [1.82, 2.24) is 4.90 Å². The Hall–Kier alpha value is -0.530. The quantitative estimate of drug-likeness (QED) is 0.654. The van der Waals surface area contributed by atoms with Crippen molar-refractivity contribution < 1.29 is 0 Å². The fraction of sp³-hybridized carbons (Fsp3) is 0.538. The molecule has 0 radical (unpaired) electrons. The van der Waals surface area contributed by atoms with Gasteiger partial charge < -0.3 is 0 Å². The summed E-state index contributed by atoms with van der Waals surface area (Å²) in [5.74, 6) is 0.978.